The van der Waals surface area contributed by atoms with Crippen LogP contribution >= 0.6 is 0 Å². The molecule has 18 heavy (non-hydrogen) atoms. The van der Waals surface area contributed by atoms with Gasteiger partial charge in [-0.15, -0.1) is 0 Å². The molecule has 2 fully saturated rings. The molecule has 0 aromatic heterocycles. The van der Waals surface area contributed by atoms with E-state index in [0.29, 0.717) is 6.04 Å². The number of hydrogen-bond acceptors (Lipinski definition) is 3. The highest BCUT2D eigenvalue weighted by atomic mass is 16.5. The number of ether oxygens (including phenoxy) is 1. The second-order valence-electron chi connectivity index (χ2n) is 5.05. The number of nitrogens with one attached hydrogen (secondary N) is 2. The van der Waals surface area contributed by atoms with Crippen molar-refractivity contribution in [1.82, 2.24) is 0 Å². The summed E-state index contributed by atoms with van der Waals surface area (Å²) < 4.78 is 5.32. The number of anilines is 2. The Bertz CT molecular complexity index is 420. The van der Waals surface area contributed by atoms with E-state index in [0.717, 1.165) is 43.9 Å². The van der Waals surface area contributed by atoms with E-state index in [2.05, 4.69) is 10.6 Å². The third-order valence-corrected chi connectivity index (χ3v) is 3.40. The first-order valence-corrected chi connectivity index (χ1v) is 6.56. The first kappa shape index (κ1) is 11.5. The van der Waals surface area contributed by atoms with Gasteiger partial charge in [-0.3, -0.25) is 4.79 Å². The molecule has 96 valence electrons. The van der Waals surface area contributed by atoms with E-state index in [-0.39, 0.29) is 11.8 Å². The summed E-state index contributed by atoms with van der Waals surface area (Å²) in [7, 11) is 0. The summed E-state index contributed by atoms with van der Waals surface area (Å²) in [5.74, 6) is 0.401. The van der Waals surface area contributed by atoms with Crippen LogP contribution in [0.1, 0.15) is 19.3 Å². The van der Waals surface area contributed by atoms with Gasteiger partial charge in [-0.2, -0.15) is 0 Å². The number of benzene rings is 1. The lowest BCUT2D eigenvalue weighted by Crippen LogP contribution is -2.18. The minimum Gasteiger partial charge on any atom is -0.380 e. The van der Waals surface area contributed by atoms with Crippen LogP contribution in [0.4, 0.5) is 11.4 Å². The molecule has 2 N–H and O–H groups in total. The maximum atomic E-state index is 11.6. The number of carbonyl (C=O) groups excluding carboxylic acids is 1. The largest absolute Gasteiger partial charge is 0.380 e. The third-order valence-electron chi connectivity index (χ3n) is 3.40. The van der Waals surface area contributed by atoms with Crippen LogP contribution in [0.5, 0.6) is 0 Å². The molecular weight excluding hydrogens is 228 g/mol. The molecular formula is C14H18N2O2. The summed E-state index contributed by atoms with van der Waals surface area (Å²) >= 11 is 0. The SMILES string of the molecule is O=C(Nc1ccc(NC2CCOC2)cc1)C1CC1. The lowest BCUT2D eigenvalue weighted by molar-refractivity contribution is -0.117. The fraction of sp³-hybridized carbons (Fsp3) is 0.500. The molecule has 1 atom stereocenters. The molecule has 1 amide bonds. The van der Waals surface area contributed by atoms with Crippen molar-refractivity contribution in [2.75, 3.05) is 23.8 Å². The van der Waals surface area contributed by atoms with Crippen LogP contribution in [0, 0.1) is 5.92 Å². The summed E-state index contributed by atoms with van der Waals surface area (Å²) in [4.78, 5) is 11.6. The van der Waals surface area contributed by atoms with Crippen molar-refractivity contribution in [1.29, 1.82) is 0 Å². The van der Waals surface area contributed by atoms with E-state index < -0.39 is 0 Å². The molecule has 1 saturated carbocycles. The Balaban J connectivity index is 1.56. The van der Waals surface area contributed by atoms with E-state index in [9.17, 15) is 4.79 Å². The van der Waals surface area contributed by atoms with Crippen LogP contribution in [0.15, 0.2) is 24.3 Å². The predicted octanol–water partition coefficient (Wildman–Crippen LogP) is 2.24. The van der Waals surface area contributed by atoms with Gasteiger partial charge in [0, 0.05) is 23.9 Å². The van der Waals surface area contributed by atoms with Crippen LogP contribution in [0.3, 0.4) is 0 Å². The van der Waals surface area contributed by atoms with Gasteiger partial charge >= 0.3 is 0 Å². The van der Waals surface area contributed by atoms with Crippen LogP contribution in [0.2, 0.25) is 0 Å². The average molecular weight is 246 g/mol. The minimum atomic E-state index is 0.153. The van der Waals surface area contributed by atoms with Crippen molar-refractivity contribution >= 4 is 17.3 Å². The topological polar surface area (TPSA) is 50.4 Å². The quantitative estimate of drug-likeness (QED) is 0.856. The summed E-state index contributed by atoms with van der Waals surface area (Å²) in [5.41, 5.74) is 1.95. The van der Waals surface area contributed by atoms with Crippen LogP contribution in [-0.2, 0) is 9.53 Å². The van der Waals surface area contributed by atoms with Crippen LogP contribution in [0.25, 0.3) is 0 Å². The summed E-state index contributed by atoms with van der Waals surface area (Å²) in [6, 6.07) is 8.30. The van der Waals surface area contributed by atoms with Crippen molar-refractivity contribution < 1.29 is 9.53 Å². The monoisotopic (exact) mass is 246 g/mol. The Labute approximate surface area is 107 Å². The van der Waals surface area contributed by atoms with E-state index in [1.807, 2.05) is 24.3 Å². The van der Waals surface area contributed by atoms with Crippen molar-refractivity contribution in [3.8, 4) is 0 Å². The van der Waals surface area contributed by atoms with E-state index >= 15 is 0 Å². The lowest BCUT2D eigenvalue weighted by atomic mass is 10.2. The number of hydrogen-bond donors (Lipinski definition) is 2. The fourth-order valence-corrected chi connectivity index (χ4v) is 2.12. The standard InChI is InChI=1S/C14H18N2O2/c17-14(10-1-2-10)16-12-5-3-11(4-6-12)15-13-7-8-18-9-13/h3-6,10,13,15H,1-2,7-9H2,(H,16,17). The first-order chi connectivity index (χ1) is 8.81. The van der Waals surface area contributed by atoms with Gasteiger partial charge < -0.3 is 15.4 Å². The van der Waals surface area contributed by atoms with Gasteiger partial charge in [0.15, 0.2) is 0 Å². The molecule has 1 saturated heterocycles. The zero-order valence-corrected chi connectivity index (χ0v) is 10.3. The molecule has 2 aliphatic rings. The molecule has 0 radical (unpaired) electrons. The molecule has 1 aliphatic heterocycles. The Hall–Kier alpha value is -1.55. The number of carbonyl (C=O) groups is 1. The fourth-order valence-electron chi connectivity index (χ4n) is 2.12. The van der Waals surface area contributed by atoms with Gasteiger partial charge in [0.25, 0.3) is 0 Å². The van der Waals surface area contributed by atoms with Gasteiger partial charge in [-0.05, 0) is 43.5 Å². The zero-order chi connectivity index (χ0) is 12.4. The normalized spacial score (nSPS) is 22.8. The first-order valence-electron chi connectivity index (χ1n) is 6.56. The Kier molecular flexibility index (Phi) is 3.19. The molecule has 4 nitrogen and oxygen atoms in total. The second kappa shape index (κ2) is 4.98. The summed E-state index contributed by atoms with van der Waals surface area (Å²) in [6.07, 6.45) is 3.13. The third kappa shape index (κ3) is 2.82. The van der Waals surface area contributed by atoms with Crippen LogP contribution in [-0.4, -0.2) is 25.2 Å². The highest BCUT2D eigenvalue weighted by Gasteiger charge is 2.29. The number of rotatable bonds is 4. The molecule has 4 heteroatoms. The Morgan fingerprint density at radius 3 is 2.44 bits per heavy atom. The molecule has 1 heterocycles. The van der Waals surface area contributed by atoms with Crippen molar-refractivity contribution in [2.45, 2.75) is 25.3 Å². The molecule has 0 bridgehead atoms. The summed E-state index contributed by atoms with van der Waals surface area (Å²) in [6.45, 7) is 1.62. The Morgan fingerprint density at radius 2 is 1.83 bits per heavy atom. The molecule has 1 aliphatic carbocycles. The van der Waals surface area contributed by atoms with E-state index in [4.69, 9.17) is 4.74 Å². The van der Waals surface area contributed by atoms with E-state index in [1.54, 1.807) is 0 Å². The van der Waals surface area contributed by atoms with Crippen LogP contribution < -0.4 is 10.6 Å². The van der Waals surface area contributed by atoms with Crippen molar-refractivity contribution in [3.05, 3.63) is 24.3 Å². The predicted molar refractivity (Wildman–Crippen MR) is 70.6 cm³/mol. The second-order valence-corrected chi connectivity index (χ2v) is 5.05. The van der Waals surface area contributed by atoms with Crippen molar-refractivity contribution in [2.24, 2.45) is 5.92 Å². The van der Waals surface area contributed by atoms with Gasteiger partial charge in [-0.1, -0.05) is 0 Å². The maximum Gasteiger partial charge on any atom is 0.227 e. The van der Waals surface area contributed by atoms with Gasteiger partial charge in [0.05, 0.1) is 12.6 Å². The van der Waals surface area contributed by atoms with Crippen molar-refractivity contribution in [3.63, 3.8) is 0 Å². The molecule has 1 unspecified atom stereocenters. The van der Waals surface area contributed by atoms with E-state index in [1.165, 1.54) is 0 Å². The number of amides is 1. The highest BCUT2D eigenvalue weighted by Crippen LogP contribution is 2.30. The van der Waals surface area contributed by atoms with Gasteiger partial charge in [-0.25, -0.2) is 0 Å². The lowest BCUT2D eigenvalue weighted by Gasteiger charge is -2.12. The molecule has 1 aromatic rings. The minimum absolute atomic E-state index is 0.153. The Morgan fingerprint density at radius 1 is 1.11 bits per heavy atom. The maximum absolute atomic E-state index is 11.6. The molecule has 3 rings (SSSR count). The summed E-state index contributed by atoms with van der Waals surface area (Å²) in [5, 5.41) is 6.35. The highest BCUT2D eigenvalue weighted by molar-refractivity contribution is 5.94. The molecule has 1 aromatic carbocycles. The van der Waals surface area contributed by atoms with Gasteiger partial charge in [0.2, 0.25) is 5.91 Å². The smallest absolute Gasteiger partial charge is 0.227 e. The zero-order valence-electron chi connectivity index (χ0n) is 10.3. The van der Waals surface area contributed by atoms with Gasteiger partial charge in [0.1, 0.15) is 0 Å². The average Bonchev–Trinajstić information content (AvgIpc) is 3.11. The molecule has 0 spiro atoms.